The molecule has 0 amide bonds. The number of aliphatic hydroxyl groups excluding tert-OH is 1. The van der Waals surface area contributed by atoms with E-state index in [1.807, 2.05) is 44.2 Å². The molecule has 0 saturated heterocycles. The van der Waals surface area contributed by atoms with Gasteiger partial charge in [-0.15, -0.1) is 0 Å². The molecule has 1 heterocycles. The van der Waals surface area contributed by atoms with Crippen molar-refractivity contribution in [2.75, 3.05) is 18.1 Å². The molecule has 192 valence electrons. The van der Waals surface area contributed by atoms with E-state index in [-0.39, 0.29) is 30.4 Å². The van der Waals surface area contributed by atoms with Gasteiger partial charge in [0.15, 0.2) is 0 Å². The molecule has 0 aliphatic heterocycles. The number of phenols is 3. The number of rotatable bonds is 8. The fourth-order valence-electron chi connectivity index (χ4n) is 4.01. The zero-order chi connectivity index (χ0) is 25.8. The second-order valence-corrected chi connectivity index (χ2v) is 8.91. The smallest absolute Gasteiger partial charge is 0.233 e. The van der Waals surface area contributed by atoms with Gasteiger partial charge in [-0.1, -0.05) is 24.3 Å². The third kappa shape index (κ3) is 6.49. The van der Waals surface area contributed by atoms with Crippen LogP contribution in [0.4, 0.5) is 11.6 Å². The van der Waals surface area contributed by atoms with Gasteiger partial charge in [0.1, 0.15) is 28.9 Å². The maximum atomic E-state index is 9.98. The van der Waals surface area contributed by atoms with E-state index in [0.29, 0.717) is 36.0 Å². The second kappa shape index (κ2) is 12.0. The third-order valence-corrected chi connectivity index (χ3v) is 6.02. The Bertz CT molecular complexity index is 1330. The standard InChI is InChI=1S/C28H30N4O4.3Rf/c1-17-12-20(4-7-23(17)34)15-26-29-27(16-21-5-8-24(35)18(2)13-21)31-28(30-26)32(10-11-33)22-6-9-25(36)19(3)14-22;;;/h4-9,12-14,33-36H,10-11,15-16H2,1-3H3;;;. The summed E-state index contributed by atoms with van der Waals surface area (Å²) in [7, 11) is 0. The summed E-state index contributed by atoms with van der Waals surface area (Å²) in [5.41, 5.74) is 4.87. The normalized spacial score (nSPS) is 10.2. The van der Waals surface area contributed by atoms with Crippen molar-refractivity contribution >= 4 is 11.6 Å². The van der Waals surface area contributed by atoms with Gasteiger partial charge in [-0.25, -0.2) is 4.98 Å². The largest absolute Gasteiger partial charge is 0.508 e. The maximum absolute atomic E-state index is 9.98. The summed E-state index contributed by atoms with van der Waals surface area (Å²) >= 11 is 0. The Morgan fingerprint density at radius 1 is 0.615 bits per heavy atom. The molecule has 4 rings (SSSR count). The van der Waals surface area contributed by atoms with Crippen LogP contribution in [0.1, 0.15) is 39.5 Å². The van der Waals surface area contributed by atoms with Crippen LogP contribution in [0.25, 0.3) is 0 Å². The fourth-order valence-corrected chi connectivity index (χ4v) is 4.01. The molecule has 0 fully saturated rings. The molecule has 0 aliphatic rings. The number of aryl methyl sites for hydroxylation is 3. The molecule has 0 saturated carbocycles. The van der Waals surface area contributed by atoms with Crippen LogP contribution in [0.2, 0.25) is 0 Å². The first kappa shape index (κ1) is 29.9. The molecule has 8 nitrogen and oxygen atoms in total. The van der Waals surface area contributed by atoms with Gasteiger partial charge < -0.3 is 25.3 Å². The monoisotopic (exact) mass is 1290 g/mol. The summed E-state index contributed by atoms with van der Waals surface area (Å²) in [6, 6.07) is 16.0. The summed E-state index contributed by atoms with van der Waals surface area (Å²) in [4.78, 5) is 16.0. The Labute approximate surface area is 210 Å². The van der Waals surface area contributed by atoms with Crippen molar-refractivity contribution in [2.24, 2.45) is 0 Å². The number of anilines is 2. The van der Waals surface area contributed by atoms with E-state index in [1.165, 1.54) is 0 Å². The van der Waals surface area contributed by atoms with E-state index in [1.54, 1.807) is 36.1 Å². The van der Waals surface area contributed by atoms with Gasteiger partial charge in [-0.05, 0) is 78.9 Å². The molecule has 1 aromatic heterocycles. The van der Waals surface area contributed by atoms with Gasteiger partial charge in [0, 0.05) is 25.1 Å². The molecule has 0 radical (unpaired) electrons. The summed E-state index contributed by atoms with van der Waals surface area (Å²) in [5.74, 6) is 2.14. The van der Waals surface area contributed by atoms with E-state index >= 15 is 0 Å². The Morgan fingerprint density at radius 2 is 1.05 bits per heavy atom. The molecule has 11 heteroatoms. The van der Waals surface area contributed by atoms with Crippen molar-refractivity contribution in [3.05, 3.63) is 94.1 Å². The molecular weight excluding hydrogens is 1260 g/mol. The molecule has 0 aliphatic carbocycles. The predicted molar refractivity (Wildman–Crippen MR) is 138 cm³/mol. The SMILES string of the molecule is Cc1cc(Cc2nc(Cc3ccc(O)c(C)c3)nc(N(CCO)c3ccc(O)c(C)c3)n2)ccc1O.[Rf].[Rf].[Rf]. The average molecular weight is 1290 g/mol. The number of phenolic OH excluding ortho intramolecular Hbond substituents is 3. The molecule has 4 aromatic rings. The third-order valence-electron chi connectivity index (χ3n) is 6.02. The van der Waals surface area contributed by atoms with E-state index in [4.69, 9.17) is 15.0 Å². The molecule has 0 atom stereocenters. The predicted octanol–water partition coefficient (Wildman–Crippen LogP) is 4.23. The molecule has 3 aromatic carbocycles. The molecule has 0 bridgehead atoms. The molecule has 0 unspecified atom stereocenters. The van der Waals surface area contributed by atoms with E-state index in [0.717, 1.165) is 27.9 Å². The summed E-state index contributed by atoms with van der Waals surface area (Å²) in [6.07, 6.45) is 0.861. The van der Waals surface area contributed by atoms with Crippen LogP contribution < -0.4 is 4.90 Å². The topological polar surface area (TPSA) is 123 Å². The number of aliphatic hydroxyl groups is 1. The van der Waals surface area contributed by atoms with Gasteiger partial charge in [0.25, 0.3) is 0 Å². The minimum absolute atomic E-state index is 0. The van der Waals surface area contributed by atoms with E-state index in [2.05, 4.69) is 0 Å². The summed E-state index contributed by atoms with van der Waals surface area (Å²) in [5, 5.41) is 39.6. The van der Waals surface area contributed by atoms with Crippen LogP contribution in [0.5, 0.6) is 17.2 Å². The zero-order valence-corrected chi connectivity index (χ0v) is 41.9. The minimum atomic E-state index is -0.120. The Hall–Kier alpha value is -7.17. The first-order valence-corrected chi connectivity index (χ1v) is 11.7. The van der Waals surface area contributed by atoms with Crippen molar-refractivity contribution in [3.8, 4) is 17.2 Å². The van der Waals surface area contributed by atoms with Gasteiger partial charge in [0.2, 0.25) is 5.95 Å². The van der Waals surface area contributed by atoms with Crippen molar-refractivity contribution in [1.29, 1.82) is 0 Å². The minimum Gasteiger partial charge on any atom is -0.508 e. The van der Waals surface area contributed by atoms with Crippen LogP contribution in [-0.2, 0) is 12.8 Å². The number of hydrogen-bond donors (Lipinski definition) is 4. The molecule has 0 spiro atoms. The first-order chi connectivity index (χ1) is 17.2. The Kier molecular flexibility index (Phi) is 9.18. The number of aromatic nitrogens is 3. The van der Waals surface area contributed by atoms with Gasteiger partial charge in [0.05, 0.1) is 6.61 Å². The summed E-state index contributed by atoms with van der Waals surface area (Å²) < 4.78 is 0. The first-order valence-electron chi connectivity index (χ1n) is 11.7. The van der Waals surface area contributed by atoms with Gasteiger partial charge in [-0.3, -0.25) is 0 Å². The van der Waals surface area contributed by atoms with Crippen LogP contribution in [0.3, 0.4) is 0 Å². The van der Waals surface area contributed by atoms with Crippen LogP contribution in [-0.4, -0.2) is 48.5 Å². The second-order valence-electron chi connectivity index (χ2n) is 8.91. The van der Waals surface area contributed by atoms with E-state index in [9.17, 15) is 20.4 Å². The van der Waals surface area contributed by atoms with Crippen molar-refractivity contribution < 1.29 is 20.4 Å². The zero-order valence-electron chi connectivity index (χ0n) is 22.7. The number of nitrogens with zero attached hydrogens (tertiary/aromatic N) is 4. The average Bonchev–Trinajstić information content (AvgIpc) is 2.84. The van der Waals surface area contributed by atoms with Crippen LogP contribution in [0.15, 0.2) is 54.6 Å². The van der Waals surface area contributed by atoms with E-state index < -0.39 is 0 Å². The van der Waals surface area contributed by atoms with Crippen LogP contribution in [0, 0.1) is 20.8 Å². The number of benzene rings is 3. The molecule has 4 N–H and O–H groups in total. The maximum Gasteiger partial charge on any atom is 0.233 e. The molecular formula is C28H30N4O4Rf3. The quantitative estimate of drug-likeness (QED) is 0.207. The van der Waals surface area contributed by atoms with Gasteiger partial charge >= 0.3 is 0 Å². The van der Waals surface area contributed by atoms with Crippen molar-refractivity contribution in [1.82, 2.24) is 15.0 Å². The molecule has 39 heavy (non-hydrogen) atoms. The van der Waals surface area contributed by atoms with Gasteiger partial charge in [-0.2, -0.15) is 9.97 Å². The fraction of sp³-hybridized carbons (Fsp3) is 0.250. The van der Waals surface area contributed by atoms with Crippen molar-refractivity contribution in [2.45, 2.75) is 33.6 Å². The summed E-state index contributed by atoms with van der Waals surface area (Å²) in [6.45, 7) is 5.62. The number of aromatic hydroxyl groups is 3. The van der Waals surface area contributed by atoms with Crippen molar-refractivity contribution in [3.63, 3.8) is 0 Å². The van der Waals surface area contributed by atoms with Crippen LogP contribution >= 0.6 is 0 Å². The Morgan fingerprint density at radius 3 is 1.46 bits per heavy atom. The number of hydrogen-bond acceptors (Lipinski definition) is 8. The Balaban J connectivity index is 0.00000253.